The number of nitrogens with zero attached hydrogens (tertiary/aromatic N) is 4. The fourth-order valence-electron chi connectivity index (χ4n) is 3.43. The maximum atomic E-state index is 9.32. The molecule has 1 N–H and O–H groups in total. The highest BCUT2D eigenvalue weighted by Crippen LogP contribution is 2.49. The summed E-state index contributed by atoms with van der Waals surface area (Å²) in [7, 11) is 2.12. The van der Waals surface area contributed by atoms with Gasteiger partial charge in [0.05, 0.1) is 40.3 Å². The lowest BCUT2D eigenvalue weighted by molar-refractivity contribution is 0.528. The van der Waals surface area contributed by atoms with Crippen molar-refractivity contribution in [2.24, 2.45) is 4.99 Å². The van der Waals surface area contributed by atoms with Crippen molar-refractivity contribution >= 4 is 45.8 Å². The Hall–Kier alpha value is -2.82. The number of aliphatic imine (C=N–C) groups is 1. The minimum atomic E-state index is 0.606. The van der Waals surface area contributed by atoms with Gasteiger partial charge < -0.3 is 15.1 Å². The Morgan fingerprint density at radius 1 is 1.27 bits per heavy atom. The van der Waals surface area contributed by atoms with Gasteiger partial charge in [-0.3, -0.25) is 0 Å². The molecule has 2 aromatic carbocycles. The number of fused-ring (bicyclic) bond motifs is 1. The summed E-state index contributed by atoms with van der Waals surface area (Å²) in [5.41, 5.74) is 3.57. The molecule has 0 aliphatic carbocycles. The Bertz CT molecular complexity index is 1080. The summed E-state index contributed by atoms with van der Waals surface area (Å²) in [6.07, 6.45) is 1.90. The van der Waals surface area contributed by atoms with Crippen molar-refractivity contribution in [2.45, 2.75) is 11.8 Å². The SMILES string of the molecule is C=CCN1CC(=C2Sc3ccccc3N2C)SC1=Nc1cc(C#N)ccc1NCC. The van der Waals surface area contributed by atoms with Crippen LogP contribution in [0.5, 0.6) is 0 Å². The summed E-state index contributed by atoms with van der Waals surface area (Å²) in [5.74, 6) is 0. The minimum Gasteiger partial charge on any atom is -0.384 e. The van der Waals surface area contributed by atoms with Gasteiger partial charge >= 0.3 is 0 Å². The fraction of sp³-hybridized carbons (Fsp3) is 0.217. The molecule has 5 nitrogen and oxygen atoms in total. The Morgan fingerprint density at radius 3 is 2.83 bits per heavy atom. The first-order valence-corrected chi connectivity index (χ1v) is 11.4. The Kier molecular flexibility index (Phi) is 6.07. The Balaban J connectivity index is 1.71. The zero-order valence-corrected chi connectivity index (χ0v) is 18.7. The van der Waals surface area contributed by atoms with Gasteiger partial charge in [0.2, 0.25) is 0 Å². The fourth-order valence-corrected chi connectivity index (χ4v) is 5.84. The van der Waals surface area contributed by atoms with Crippen LogP contribution in [0, 0.1) is 11.3 Å². The normalized spacial score (nSPS) is 19.2. The summed E-state index contributed by atoms with van der Waals surface area (Å²) in [4.78, 5) is 12.0. The van der Waals surface area contributed by atoms with E-state index >= 15 is 0 Å². The van der Waals surface area contributed by atoms with Gasteiger partial charge in [-0.1, -0.05) is 41.7 Å². The Labute approximate surface area is 186 Å². The maximum Gasteiger partial charge on any atom is 0.169 e. The van der Waals surface area contributed by atoms with E-state index in [-0.39, 0.29) is 0 Å². The number of hydrogen-bond donors (Lipinski definition) is 1. The number of para-hydroxylation sites is 1. The zero-order valence-electron chi connectivity index (χ0n) is 17.1. The molecule has 152 valence electrons. The average molecular weight is 434 g/mol. The van der Waals surface area contributed by atoms with Gasteiger partial charge in [0.1, 0.15) is 0 Å². The highest BCUT2D eigenvalue weighted by atomic mass is 32.2. The van der Waals surface area contributed by atoms with Gasteiger partial charge in [-0.05, 0) is 37.3 Å². The molecule has 2 aromatic rings. The van der Waals surface area contributed by atoms with Crippen molar-refractivity contribution in [3.8, 4) is 6.07 Å². The molecule has 0 atom stereocenters. The van der Waals surface area contributed by atoms with E-state index in [1.165, 1.54) is 20.5 Å². The molecule has 2 aliphatic rings. The highest BCUT2D eigenvalue weighted by molar-refractivity contribution is 8.18. The molecule has 4 rings (SSSR count). The smallest absolute Gasteiger partial charge is 0.169 e. The predicted molar refractivity (Wildman–Crippen MR) is 130 cm³/mol. The van der Waals surface area contributed by atoms with E-state index in [4.69, 9.17) is 4.99 Å². The molecule has 0 radical (unpaired) electrons. The molecule has 30 heavy (non-hydrogen) atoms. The van der Waals surface area contributed by atoms with Gasteiger partial charge in [0, 0.05) is 29.9 Å². The summed E-state index contributed by atoms with van der Waals surface area (Å²) >= 11 is 3.51. The number of hydrogen-bond acceptors (Lipinski definition) is 6. The molecule has 0 bridgehead atoms. The van der Waals surface area contributed by atoms with Crippen LogP contribution in [0.1, 0.15) is 12.5 Å². The lowest BCUT2D eigenvalue weighted by atomic mass is 10.2. The molecule has 0 unspecified atom stereocenters. The van der Waals surface area contributed by atoms with E-state index in [9.17, 15) is 5.26 Å². The van der Waals surface area contributed by atoms with Crippen LogP contribution in [0.2, 0.25) is 0 Å². The molecule has 7 heteroatoms. The van der Waals surface area contributed by atoms with E-state index in [1.54, 1.807) is 11.8 Å². The van der Waals surface area contributed by atoms with Crippen LogP contribution in [-0.4, -0.2) is 36.7 Å². The lowest BCUT2D eigenvalue weighted by Crippen LogP contribution is -2.24. The maximum absolute atomic E-state index is 9.32. The molecular formula is C23H23N5S2. The minimum absolute atomic E-state index is 0.606. The number of rotatable bonds is 5. The molecule has 2 heterocycles. The van der Waals surface area contributed by atoms with Gasteiger partial charge in [-0.15, -0.1) is 6.58 Å². The topological polar surface area (TPSA) is 54.7 Å². The quantitative estimate of drug-likeness (QED) is 0.617. The van der Waals surface area contributed by atoms with Crippen LogP contribution < -0.4 is 10.2 Å². The standard InChI is InChI=1S/C23H23N5S2/c1-4-12-28-15-21(22-27(3)19-8-6-7-9-20(19)29-22)30-23(28)26-18-13-16(14-24)10-11-17(18)25-5-2/h4,6-11,13,25H,1,5,12,15H2,2-3H3. The van der Waals surface area contributed by atoms with Crippen molar-refractivity contribution in [1.29, 1.82) is 5.26 Å². The zero-order chi connectivity index (χ0) is 21.1. The molecular weight excluding hydrogens is 410 g/mol. The van der Waals surface area contributed by atoms with Gasteiger partial charge in [-0.2, -0.15) is 5.26 Å². The van der Waals surface area contributed by atoms with E-state index in [0.29, 0.717) is 5.56 Å². The number of nitrogens with one attached hydrogen (secondary N) is 1. The molecule has 0 amide bonds. The molecule has 0 saturated carbocycles. The average Bonchev–Trinajstić information content (AvgIpc) is 3.31. The summed E-state index contributed by atoms with van der Waals surface area (Å²) in [5, 5.41) is 14.8. The number of amidine groups is 1. The third-order valence-corrected chi connectivity index (χ3v) is 7.36. The van der Waals surface area contributed by atoms with Gasteiger partial charge in [0.25, 0.3) is 0 Å². The summed E-state index contributed by atoms with van der Waals surface area (Å²) < 4.78 is 0. The van der Waals surface area contributed by atoms with Crippen molar-refractivity contribution in [3.63, 3.8) is 0 Å². The number of benzene rings is 2. The molecule has 1 fully saturated rings. The van der Waals surface area contributed by atoms with Crippen molar-refractivity contribution in [2.75, 3.05) is 36.9 Å². The van der Waals surface area contributed by atoms with E-state index in [0.717, 1.165) is 36.2 Å². The second-order valence-corrected chi connectivity index (χ2v) is 8.99. The Morgan fingerprint density at radius 2 is 2.10 bits per heavy atom. The first-order valence-electron chi connectivity index (χ1n) is 9.78. The van der Waals surface area contributed by atoms with Crippen LogP contribution >= 0.6 is 23.5 Å². The second-order valence-electron chi connectivity index (χ2n) is 6.90. The molecule has 0 aromatic heterocycles. The monoisotopic (exact) mass is 433 g/mol. The molecule has 0 spiro atoms. The predicted octanol–water partition coefficient (Wildman–Crippen LogP) is 5.62. The summed E-state index contributed by atoms with van der Waals surface area (Å²) in [6.45, 7) is 8.28. The first-order chi connectivity index (χ1) is 14.6. The number of anilines is 2. The van der Waals surface area contributed by atoms with E-state index in [1.807, 2.05) is 36.0 Å². The van der Waals surface area contributed by atoms with E-state index < -0.39 is 0 Å². The van der Waals surface area contributed by atoms with Crippen molar-refractivity contribution < 1.29 is 0 Å². The van der Waals surface area contributed by atoms with Crippen molar-refractivity contribution in [1.82, 2.24) is 4.90 Å². The largest absolute Gasteiger partial charge is 0.384 e. The third kappa shape index (κ3) is 3.93. The second kappa shape index (κ2) is 8.90. The van der Waals surface area contributed by atoms with Crippen LogP contribution in [0.4, 0.5) is 17.1 Å². The van der Waals surface area contributed by atoms with Crippen molar-refractivity contribution in [3.05, 3.63) is 70.6 Å². The van der Waals surface area contributed by atoms with Crippen LogP contribution in [0.15, 0.2) is 74.9 Å². The third-order valence-electron chi connectivity index (χ3n) is 4.86. The molecule has 2 aliphatic heterocycles. The number of nitriles is 1. The first kappa shape index (κ1) is 20.5. The van der Waals surface area contributed by atoms with Gasteiger partial charge in [-0.25, -0.2) is 4.99 Å². The van der Waals surface area contributed by atoms with Gasteiger partial charge in [0.15, 0.2) is 5.17 Å². The highest BCUT2D eigenvalue weighted by Gasteiger charge is 2.31. The van der Waals surface area contributed by atoms with Crippen LogP contribution in [0.3, 0.4) is 0 Å². The van der Waals surface area contributed by atoms with E-state index in [2.05, 4.69) is 66.0 Å². The van der Waals surface area contributed by atoms with Crippen LogP contribution in [0.25, 0.3) is 0 Å². The molecule has 1 saturated heterocycles. The lowest BCUT2D eigenvalue weighted by Gasteiger charge is -2.16. The summed E-state index contributed by atoms with van der Waals surface area (Å²) in [6, 6.07) is 16.3. The number of thioether (sulfide) groups is 2. The van der Waals surface area contributed by atoms with Crippen LogP contribution in [-0.2, 0) is 0 Å².